The van der Waals surface area contributed by atoms with Crippen LogP contribution in [0.1, 0.15) is 15.9 Å². The van der Waals surface area contributed by atoms with Crippen molar-refractivity contribution in [3.8, 4) is 0 Å². The monoisotopic (exact) mass is 272 g/mol. The molecule has 0 aliphatic rings. The van der Waals surface area contributed by atoms with Gasteiger partial charge in [-0.1, -0.05) is 46.4 Å². The minimum absolute atomic E-state index is 0.0916. The van der Waals surface area contributed by atoms with Crippen LogP contribution in [0.3, 0.4) is 0 Å². The van der Waals surface area contributed by atoms with E-state index in [0.29, 0.717) is 5.56 Å². The highest BCUT2D eigenvalue weighted by molar-refractivity contribution is 6.50. The van der Waals surface area contributed by atoms with Crippen molar-refractivity contribution in [3.05, 3.63) is 31.2 Å². The van der Waals surface area contributed by atoms with Crippen LogP contribution in [0.5, 0.6) is 0 Å². The van der Waals surface area contributed by atoms with E-state index in [0.717, 1.165) is 0 Å². The first-order valence-electron chi connectivity index (χ1n) is 3.43. The SMILES string of the molecule is Cc1c(Cl)c(Cl)c(C(=O)O)c(Cl)c1Cl. The molecule has 0 aliphatic carbocycles. The van der Waals surface area contributed by atoms with Gasteiger partial charge in [0.1, 0.15) is 0 Å². The normalized spacial score (nSPS) is 10.4. The van der Waals surface area contributed by atoms with Gasteiger partial charge >= 0.3 is 5.97 Å². The number of aromatic carboxylic acids is 1. The fraction of sp³-hybridized carbons (Fsp3) is 0.125. The van der Waals surface area contributed by atoms with Gasteiger partial charge in [-0.15, -0.1) is 0 Å². The second-order valence-corrected chi connectivity index (χ2v) is 4.07. The number of hydrogen-bond acceptors (Lipinski definition) is 1. The Kier molecular flexibility index (Phi) is 3.53. The van der Waals surface area contributed by atoms with E-state index >= 15 is 0 Å². The summed E-state index contributed by atoms with van der Waals surface area (Å²) in [6, 6.07) is 0. The van der Waals surface area contributed by atoms with Gasteiger partial charge in [-0.3, -0.25) is 0 Å². The molecule has 14 heavy (non-hydrogen) atoms. The maximum Gasteiger partial charge on any atom is 0.338 e. The molecule has 0 unspecified atom stereocenters. The molecule has 1 rings (SSSR count). The zero-order valence-corrected chi connectivity index (χ0v) is 9.89. The quantitative estimate of drug-likeness (QED) is 0.775. The minimum Gasteiger partial charge on any atom is -0.478 e. The van der Waals surface area contributed by atoms with Crippen molar-refractivity contribution in [2.75, 3.05) is 0 Å². The Hall–Kier alpha value is -0.150. The van der Waals surface area contributed by atoms with E-state index in [2.05, 4.69) is 0 Å². The van der Waals surface area contributed by atoms with Gasteiger partial charge < -0.3 is 5.11 Å². The molecule has 0 fully saturated rings. The topological polar surface area (TPSA) is 37.3 Å². The molecule has 0 atom stereocenters. The lowest BCUT2D eigenvalue weighted by Crippen LogP contribution is -2.01. The fourth-order valence-corrected chi connectivity index (χ4v) is 2.04. The van der Waals surface area contributed by atoms with Gasteiger partial charge in [-0.05, 0) is 12.5 Å². The van der Waals surface area contributed by atoms with Crippen LogP contribution in [0.4, 0.5) is 0 Å². The van der Waals surface area contributed by atoms with Gasteiger partial charge in [-0.2, -0.15) is 0 Å². The largest absolute Gasteiger partial charge is 0.478 e. The first kappa shape index (κ1) is 11.9. The number of rotatable bonds is 1. The minimum atomic E-state index is -1.26. The Morgan fingerprint density at radius 3 is 1.64 bits per heavy atom. The summed E-state index contributed by atoms with van der Waals surface area (Å²) in [5.41, 5.74) is 0.197. The van der Waals surface area contributed by atoms with Crippen molar-refractivity contribution in [3.63, 3.8) is 0 Å². The van der Waals surface area contributed by atoms with E-state index in [9.17, 15) is 4.79 Å². The summed E-state index contributed by atoms with van der Waals surface area (Å²) in [5, 5.41) is 8.84. The molecule has 0 saturated carbocycles. The van der Waals surface area contributed by atoms with Gasteiger partial charge in [0.25, 0.3) is 0 Å². The molecular weight excluding hydrogens is 270 g/mol. The van der Waals surface area contributed by atoms with Crippen LogP contribution in [-0.2, 0) is 0 Å². The van der Waals surface area contributed by atoms with Crippen LogP contribution in [0, 0.1) is 6.92 Å². The van der Waals surface area contributed by atoms with Gasteiger partial charge in [-0.25, -0.2) is 4.79 Å². The van der Waals surface area contributed by atoms with E-state index < -0.39 is 5.97 Å². The predicted molar refractivity (Wildman–Crippen MR) is 58.2 cm³/mol. The summed E-state index contributed by atoms with van der Waals surface area (Å²) in [7, 11) is 0. The number of carboxylic acids is 1. The average Bonchev–Trinajstić information content (AvgIpc) is 2.11. The van der Waals surface area contributed by atoms with Crippen molar-refractivity contribution in [2.45, 2.75) is 6.92 Å². The van der Waals surface area contributed by atoms with Crippen LogP contribution >= 0.6 is 46.4 Å². The highest BCUT2D eigenvalue weighted by atomic mass is 35.5. The molecule has 1 aromatic carbocycles. The van der Waals surface area contributed by atoms with Gasteiger partial charge in [0.15, 0.2) is 0 Å². The van der Waals surface area contributed by atoms with Crippen molar-refractivity contribution >= 4 is 52.4 Å². The van der Waals surface area contributed by atoms with Crippen LogP contribution in [0.25, 0.3) is 0 Å². The Labute approximate surface area is 100 Å². The number of benzene rings is 1. The fourth-order valence-electron chi connectivity index (χ4n) is 0.929. The molecule has 0 bridgehead atoms. The van der Waals surface area contributed by atoms with Crippen LogP contribution < -0.4 is 0 Å². The van der Waals surface area contributed by atoms with E-state index in [4.69, 9.17) is 51.5 Å². The van der Waals surface area contributed by atoms with E-state index in [-0.39, 0.29) is 25.7 Å². The molecule has 6 heteroatoms. The number of carboxylic acid groups (broad SMARTS) is 1. The molecule has 0 amide bonds. The zero-order valence-electron chi connectivity index (χ0n) is 6.87. The summed E-state index contributed by atoms with van der Waals surface area (Å²) >= 11 is 23.0. The van der Waals surface area contributed by atoms with Crippen LogP contribution in [0.15, 0.2) is 0 Å². The summed E-state index contributed by atoms with van der Waals surface area (Å²) in [6.45, 7) is 1.61. The smallest absolute Gasteiger partial charge is 0.338 e. The lowest BCUT2D eigenvalue weighted by molar-refractivity contribution is 0.0697. The molecule has 1 N–H and O–H groups in total. The Morgan fingerprint density at radius 1 is 1.00 bits per heavy atom. The molecule has 0 spiro atoms. The van der Waals surface area contributed by atoms with E-state index in [1.165, 1.54) is 0 Å². The van der Waals surface area contributed by atoms with Gasteiger partial charge in [0.2, 0.25) is 0 Å². The first-order chi connectivity index (χ1) is 6.37. The third kappa shape index (κ3) is 1.80. The van der Waals surface area contributed by atoms with Crippen molar-refractivity contribution in [2.24, 2.45) is 0 Å². The third-order valence-corrected chi connectivity index (χ3v) is 3.59. The standard InChI is InChI=1S/C8H4Cl4O2/c1-2-4(9)6(11)3(8(13)14)7(12)5(2)10/h1H3,(H,13,14). The van der Waals surface area contributed by atoms with Crippen molar-refractivity contribution in [1.29, 1.82) is 0 Å². The molecule has 0 aromatic heterocycles. The molecule has 0 heterocycles. The molecule has 0 aliphatic heterocycles. The summed E-state index contributed by atoms with van der Waals surface area (Å²) in [4.78, 5) is 10.8. The molecule has 0 saturated heterocycles. The third-order valence-electron chi connectivity index (χ3n) is 1.70. The highest BCUT2D eigenvalue weighted by Gasteiger charge is 2.22. The highest BCUT2D eigenvalue weighted by Crippen LogP contribution is 2.40. The van der Waals surface area contributed by atoms with Gasteiger partial charge in [0, 0.05) is 0 Å². The second kappa shape index (κ2) is 4.15. The lowest BCUT2D eigenvalue weighted by Gasteiger charge is -2.09. The molecule has 2 nitrogen and oxygen atoms in total. The second-order valence-electron chi connectivity index (χ2n) is 2.56. The van der Waals surface area contributed by atoms with E-state index in [1.807, 2.05) is 0 Å². The molecular formula is C8H4Cl4O2. The predicted octanol–water partition coefficient (Wildman–Crippen LogP) is 4.31. The Bertz CT molecular complexity index is 385. The molecule has 1 aromatic rings. The van der Waals surface area contributed by atoms with Gasteiger partial charge in [0.05, 0.1) is 25.7 Å². The van der Waals surface area contributed by atoms with Crippen molar-refractivity contribution in [1.82, 2.24) is 0 Å². The van der Waals surface area contributed by atoms with Crippen LogP contribution in [0.2, 0.25) is 20.1 Å². The summed E-state index contributed by atoms with van der Waals surface area (Å²) < 4.78 is 0. The molecule has 76 valence electrons. The average molecular weight is 274 g/mol. The Morgan fingerprint density at radius 2 is 1.36 bits per heavy atom. The maximum absolute atomic E-state index is 10.8. The molecule has 0 radical (unpaired) electrons. The lowest BCUT2D eigenvalue weighted by atomic mass is 10.1. The van der Waals surface area contributed by atoms with Crippen LogP contribution in [-0.4, -0.2) is 11.1 Å². The zero-order chi connectivity index (χ0) is 11.0. The summed E-state index contributed by atoms with van der Waals surface area (Å²) in [5.74, 6) is -1.26. The number of halogens is 4. The Balaban J connectivity index is 3.68. The number of carbonyl (C=O) groups is 1. The maximum atomic E-state index is 10.8. The van der Waals surface area contributed by atoms with E-state index in [1.54, 1.807) is 6.92 Å². The first-order valence-corrected chi connectivity index (χ1v) is 4.95. The summed E-state index contributed by atoms with van der Waals surface area (Å²) in [6.07, 6.45) is 0. The number of hydrogen-bond donors (Lipinski definition) is 1. The van der Waals surface area contributed by atoms with Crippen molar-refractivity contribution < 1.29 is 9.90 Å².